The number of nitrogens with two attached hydrogens (primary N) is 1. The number of rotatable bonds is 5. The molecule has 6 heteroatoms. The predicted octanol–water partition coefficient (Wildman–Crippen LogP) is 3.85. The van der Waals surface area contributed by atoms with Crippen LogP contribution >= 0.6 is 31.9 Å². The number of furan rings is 1. The lowest BCUT2D eigenvalue weighted by molar-refractivity contribution is 0.266. The Bertz CT molecular complexity index is 569. The van der Waals surface area contributed by atoms with E-state index in [1.54, 1.807) is 13.4 Å². The largest absolute Gasteiger partial charge is 0.496 e. The van der Waals surface area contributed by atoms with Crippen molar-refractivity contribution in [1.82, 2.24) is 0 Å². The Hall–Kier alpha value is -0.980. The number of halogens is 2. The molecule has 0 amide bonds. The molecule has 0 aliphatic rings. The second kappa shape index (κ2) is 6.45. The van der Waals surface area contributed by atoms with Gasteiger partial charge >= 0.3 is 0 Å². The van der Waals surface area contributed by atoms with E-state index < -0.39 is 0 Å². The zero-order valence-electron chi connectivity index (χ0n) is 10.3. The van der Waals surface area contributed by atoms with Gasteiger partial charge in [-0.3, -0.25) is 0 Å². The molecule has 0 atom stereocenters. The summed E-state index contributed by atoms with van der Waals surface area (Å²) in [5.41, 5.74) is 6.55. The molecule has 0 saturated heterocycles. The molecule has 0 unspecified atom stereocenters. The van der Waals surface area contributed by atoms with Gasteiger partial charge in [-0.2, -0.15) is 0 Å². The van der Waals surface area contributed by atoms with Crippen LogP contribution < -0.4 is 15.2 Å². The topological polar surface area (TPSA) is 57.6 Å². The van der Waals surface area contributed by atoms with E-state index in [0.29, 0.717) is 18.9 Å². The maximum absolute atomic E-state index is 5.72. The average molecular weight is 391 g/mol. The van der Waals surface area contributed by atoms with Gasteiger partial charge in [-0.15, -0.1) is 0 Å². The molecule has 1 aromatic carbocycles. The van der Waals surface area contributed by atoms with E-state index in [9.17, 15) is 0 Å². The van der Waals surface area contributed by atoms with Crippen molar-refractivity contribution >= 4 is 31.9 Å². The Labute approximate surface area is 128 Å². The fraction of sp³-hybridized carbons (Fsp3) is 0.231. The molecule has 0 saturated carbocycles. The Morgan fingerprint density at radius 3 is 2.58 bits per heavy atom. The summed E-state index contributed by atoms with van der Waals surface area (Å²) in [5.74, 6) is 2.17. The maximum atomic E-state index is 5.72. The number of hydrogen-bond acceptors (Lipinski definition) is 4. The monoisotopic (exact) mass is 389 g/mol. The van der Waals surface area contributed by atoms with Gasteiger partial charge in [0.05, 0.1) is 22.3 Å². The van der Waals surface area contributed by atoms with E-state index in [-0.39, 0.29) is 0 Å². The van der Waals surface area contributed by atoms with Crippen LogP contribution in [0, 0.1) is 0 Å². The molecular formula is C13H13Br2NO3. The lowest BCUT2D eigenvalue weighted by atomic mass is 10.2. The number of methoxy groups -OCH3 is 1. The molecule has 2 aromatic rings. The maximum Gasteiger partial charge on any atom is 0.146 e. The average Bonchev–Trinajstić information content (AvgIpc) is 2.86. The van der Waals surface area contributed by atoms with Crippen molar-refractivity contribution in [1.29, 1.82) is 0 Å². The fourth-order valence-electron chi connectivity index (χ4n) is 1.60. The van der Waals surface area contributed by atoms with Crippen molar-refractivity contribution in [3.8, 4) is 11.5 Å². The summed E-state index contributed by atoms with van der Waals surface area (Å²) in [7, 11) is 1.61. The summed E-state index contributed by atoms with van der Waals surface area (Å²) in [4.78, 5) is 0. The molecule has 2 rings (SSSR count). The van der Waals surface area contributed by atoms with Crippen molar-refractivity contribution in [2.24, 2.45) is 5.73 Å². The molecule has 0 aliphatic heterocycles. The van der Waals surface area contributed by atoms with Gasteiger partial charge in [0, 0.05) is 12.1 Å². The van der Waals surface area contributed by atoms with Crippen LogP contribution in [0.25, 0.3) is 0 Å². The smallest absolute Gasteiger partial charge is 0.146 e. The zero-order chi connectivity index (χ0) is 13.8. The van der Waals surface area contributed by atoms with E-state index in [4.69, 9.17) is 19.6 Å². The predicted molar refractivity (Wildman–Crippen MR) is 79.3 cm³/mol. The van der Waals surface area contributed by atoms with Crippen molar-refractivity contribution < 1.29 is 13.9 Å². The molecule has 1 aromatic heterocycles. The first kappa shape index (κ1) is 14.4. The molecule has 19 heavy (non-hydrogen) atoms. The van der Waals surface area contributed by atoms with Gasteiger partial charge in [-0.25, -0.2) is 0 Å². The molecule has 0 spiro atoms. The van der Waals surface area contributed by atoms with E-state index in [2.05, 4.69) is 31.9 Å². The highest BCUT2D eigenvalue weighted by Gasteiger charge is 2.10. The SMILES string of the molecule is COc1cc(Br)c(OCc2occc2CN)cc1Br. The minimum Gasteiger partial charge on any atom is -0.496 e. The molecular weight excluding hydrogens is 378 g/mol. The molecule has 0 aliphatic carbocycles. The summed E-state index contributed by atoms with van der Waals surface area (Å²) in [6.45, 7) is 0.763. The molecule has 0 fully saturated rings. The molecule has 0 radical (unpaired) electrons. The van der Waals surface area contributed by atoms with Crippen LogP contribution in [0.1, 0.15) is 11.3 Å². The third-order valence-electron chi connectivity index (χ3n) is 2.62. The van der Waals surface area contributed by atoms with Crippen molar-refractivity contribution in [3.63, 3.8) is 0 Å². The van der Waals surface area contributed by atoms with Crippen LogP contribution in [0.2, 0.25) is 0 Å². The zero-order valence-corrected chi connectivity index (χ0v) is 13.5. The molecule has 102 valence electrons. The molecule has 4 nitrogen and oxygen atoms in total. The van der Waals surface area contributed by atoms with Crippen LogP contribution in [0.5, 0.6) is 11.5 Å². The fourth-order valence-corrected chi connectivity index (χ4v) is 2.52. The standard InChI is InChI=1S/C13H13Br2NO3/c1-17-11-4-10(15)12(5-9(11)14)19-7-13-8(6-16)2-3-18-13/h2-5H,6-7,16H2,1H3. The Kier molecular flexibility index (Phi) is 4.90. The number of benzene rings is 1. The third kappa shape index (κ3) is 3.32. The van der Waals surface area contributed by atoms with Gasteiger partial charge in [0.15, 0.2) is 0 Å². The summed E-state index contributed by atoms with van der Waals surface area (Å²) in [6, 6.07) is 5.52. The first-order valence-electron chi connectivity index (χ1n) is 5.57. The minimum atomic E-state index is 0.330. The van der Waals surface area contributed by atoms with Crippen LogP contribution in [0.15, 0.2) is 37.8 Å². The number of ether oxygens (including phenoxy) is 2. The van der Waals surface area contributed by atoms with Gasteiger partial charge in [-0.1, -0.05) is 0 Å². The summed E-state index contributed by atoms with van der Waals surface area (Å²) >= 11 is 6.86. The van der Waals surface area contributed by atoms with Gasteiger partial charge in [0.25, 0.3) is 0 Å². The summed E-state index contributed by atoms with van der Waals surface area (Å²) in [6.07, 6.45) is 1.61. The number of hydrogen-bond donors (Lipinski definition) is 1. The van der Waals surface area contributed by atoms with Crippen molar-refractivity contribution in [2.75, 3.05) is 7.11 Å². The first-order valence-corrected chi connectivity index (χ1v) is 7.15. The minimum absolute atomic E-state index is 0.330. The molecule has 2 N–H and O–H groups in total. The Morgan fingerprint density at radius 2 is 1.89 bits per heavy atom. The molecule has 1 heterocycles. The highest BCUT2D eigenvalue weighted by Crippen LogP contribution is 2.36. The van der Waals surface area contributed by atoms with E-state index >= 15 is 0 Å². The lowest BCUT2D eigenvalue weighted by Gasteiger charge is -2.10. The van der Waals surface area contributed by atoms with Gasteiger partial charge in [0.2, 0.25) is 0 Å². The van der Waals surface area contributed by atoms with Gasteiger partial charge in [0.1, 0.15) is 23.9 Å². The first-order chi connectivity index (χ1) is 9.15. The van der Waals surface area contributed by atoms with Crippen LogP contribution in [-0.2, 0) is 13.2 Å². The second-order valence-corrected chi connectivity index (χ2v) is 5.49. The second-order valence-electron chi connectivity index (χ2n) is 3.78. The Morgan fingerprint density at radius 1 is 1.21 bits per heavy atom. The van der Waals surface area contributed by atoms with Crippen LogP contribution in [0.4, 0.5) is 0 Å². The van der Waals surface area contributed by atoms with Crippen molar-refractivity contribution in [2.45, 2.75) is 13.2 Å². The summed E-state index contributed by atoms with van der Waals surface area (Å²) < 4.78 is 17.9. The van der Waals surface area contributed by atoms with E-state index in [0.717, 1.165) is 26.0 Å². The van der Waals surface area contributed by atoms with Crippen LogP contribution in [-0.4, -0.2) is 7.11 Å². The van der Waals surface area contributed by atoms with Gasteiger partial charge in [-0.05, 0) is 50.1 Å². The van der Waals surface area contributed by atoms with Crippen molar-refractivity contribution in [3.05, 3.63) is 44.7 Å². The highest BCUT2D eigenvalue weighted by molar-refractivity contribution is 9.11. The van der Waals surface area contributed by atoms with E-state index in [1.807, 2.05) is 18.2 Å². The Balaban J connectivity index is 2.14. The molecule has 0 bridgehead atoms. The quantitative estimate of drug-likeness (QED) is 0.842. The highest BCUT2D eigenvalue weighted by atomic mass is 79.9. The third-order valence-corrected chi connectivity index (χ3v) is 3.86. The summed E-state index contributed by atoms with van der Waals surface area (Å²) in [5, 5.41) is 0. The van der Waals surface area contributed by atoms with Gasteiger partial charge < -0.3 is 19.6 Å². The normalized spacial score (nSPS) is 10.5. The van der Waals surface area contributed by atoms with E-state index in [1.165, 1.54) is 0 Å². The van der Waals surface area contributed by atoms with Crippen LogP contribution in [0.3, 0.4) is 0 Å². The lowest BCUT2D eigenvalue weighted by Crippen LogP contribution is -2.02.